The van der Waals surface area contributed by atoms with Crippen molar-refractivity contribution < 1.29 is 13.2 Å². The molecule has 0 spiro atoms. The van der Waals surface area contributed by atoms with Gasteiger partial charge in [0.15, 0.2) is 0 Å². The third-order valence-corrected chi connectivity index (χ3v) is 6.72. The van der Waals surface area contributed by atoms with Crippen LogP contribution in [0.3, 0.4) is 0 Å². The molecule has 1 atom stereocenters. The van der Waals surface area contributed by atoms with Crippen LogP contribution < -0.4 is 10.0 Å². The van der Waals surface area contributed by atoms with Crippen LogP contribution in [0, 0.1) is 5.92 Å². The molecule has 0 saturated heterocycles. The van der Waals surface area contributed by atoms with Crippen LogP contribution in [0.1, 0.15) is 18.7 Å². The van der Waals surface area contributed by atoms with Gasteiger partial charge in [-0.15, -0.1) is 22.7 Å². The third kappa shape index (κ3) is 4.39. The number of hydrogen-bond acceptors (Lipinski definition) is 5. The monoisotopic (exact) mass is 358 g/mol. The Morgan fingerprint density at radius 1 is 1.18 bits per heavy atom. The van der Waals surface area contributed by atoms with Crippen molar-refractivity contribution in [1.82, 2.24) is 10.0 Å². The Bertz CT molecular complexity index is 692. The fraction of sp³-hybridized carbons (Fsp3) is 0.357. The predicted octanol–water partition coefficient (Wildman–Crippen LogP) is 2.43. The van der Waals surface area contributed by atoms with Crippen molar-refractivity contribution in [3.8, 4) is 0 Å². The van der Waals surface area contributed by atoms with Gasteiger partial charge in [0.25, 0.3) is 10.0 Å². The summed E-state index contributed by atoms with van der Waals surface area (Å²) in [6.45, 7) is 4.03. The van der Waals surface area contributed by atoms with Crippen LogP contribution >= 0.6 is 22.7 Å². The minimum Gasteiger partial charge on any atom is -0.350 e. The zero-order chi connectivity index (χ0) is 16.2. The lowest BCUT2D eigenvalue weighted by Crippen LogP contribution is -2.49. The molecule has 0 fully saturated rings. The largest absolute Gasteiger partial charge is 0.350 e. The highest BCUT2D eigenvalue weighted by Crippen LogP contribution is 2.17. The van der Waals surface area contributed by atoms with Crippen LogP contribution in [0.2, 0.25) is 0 Å². The van der Waals surface area contributed by atoms with Crippen molar-refractivity contribution in [2.24, 2.45) is 5.92 Å². The molecule has 2 aromatic heterocycles. The van der Waals surface area contributed by atoms with Gasteiger partial charge in [-0.3, -0.25) is 4.79 Å². The molecule has 0 aliphatic rings. The Morgan fingerprint density at radius 3 is 2.41 bits per heavy atom. The van der Waals surface area contributed by atoms with Gasteiger partial charge >= 0.3 is 0 Å². The average molecular weight is 359 g/mol. The summed E-state index contributed by atoms with van der Waals surface area (Å²) in [6, 6.07) is 6.22. The van der Waals surface area contributed by atoms with E-state index in [2.05, 4.69) is 10.0 Å². The quantitative estimate of drug-likeness (QED) is 0.798. The summed E-state index contributed by atoms with van der Waals surface area (Å²) in [6.07, 6.45) is 0. The molecule has 2 aromatic rings. The first kappa shape index (κ1) is 17.1. The van der Waals surface area contributed by atoms with E-state index < -0.39 is 16.1 Å². The van der Waals surface area contributed by atoms with Gasteiger partial charge < -0.3 is 5.32 Å². The van der Waals surface area contributed by atoms with Gasteiger partial charge in [0.05, 0.1) is 6.54 Å². The lowest BCUT2D eigenvalue weighted by molar-refractivity contribution is -0.123. The van der Waals surface area contributed by atoms with Crippen LogP contribution in [0.15, 0.2) is 39.2 Å². The highest BCUT2D eigenvalue weighted by Gasteiger charge is 2.28. The number of sulfonamides is 1. The fourth-order valence-electron chi connectivity index (χ4n) is 1.83. The van der Waals surface area contributed by atoms with Gasteiger partial charge in [0.2, 0.25) is 5.91 Å². The Balaban J connectivity index is 2.04. The van der Waals surface area contributed by atoms with E-state index in [0.717, 1.165) is 16.2 Å². The second-order valence-corrected chi connectivity index (χ2v) is 8.99. The number of carbonyl (C=O) groups is 1. The molecular formula is C14H18N2O3S3. The van der Waals surface area contributed by atoms with E-state index in [1.165, 1.54) is 6.07 Å². The molecule has 8 heteroatoms. The number of carbonyl (C=O) groups excluding carboxylic acids is 1. The zero-order valence-electron chi connectivity index (χ0n) is 12.3. The number of thiophene rings is 2. The molecular weight excluding hydrogens is 340 g/mol. The van der Waals surface area contributed by atoms with E-state index in [1.807, 2.05) is 31.4 Å². The summed E-state index contributed by atoms with van der Waals surface area (Å²) in [5, 5.41) is 6.40. The first-order valence-corrected chi connectivity index (χ1v) is 10.0. The number of amides is 1. The lowest BCUT2D eigenvalue weighted by atomic mass is 10.1. The van der Waals surface area contributed by atoms with Gasteiger partial charge in [-0.05, 0) is 28.8 Å². The van der Waals surface area contributed by atoms with Gasteiger partial charge in [0.1, 0.15) is 10.3 Å². The highest BCUT2D eigenvalue weighted by atomic mass is 32.2. The van der Waals surface area contributed by atoms with E-state index in [-0.39, 0.29) is 16.0 Å². The van der Waals surface area contributed by atoms with Crippen molar-refractivity contribution >= 4 is 38.6 Å². The van der Waals surface area contributed by atoms with Crippen LogP contribution in [0.5, 0.6) is 0 Å². The molecule has 22 heavy (non-hydrogen) atoms. The number of rotatable bonds is 7. The molecule has 0 aliphatic carbocycles. The first-order chi connectivity index (χ1) is 10.4. The van der Waals surface area contributed by atoms with Crippen molar-refractivity contribution in [3.63, 3.8) is 0 Å². The van der Waals surface area contributed by atoms with Gasteiger partial charge in [-0.1, -0.05) is 26.0 Å². The van der Waals surface area contributed by atoms with Gasteiger partial charge in [0, 0.05) is 4.88 Å². The molecule has 0 aromatic carbocycles. The van der Waals surface area contributed by atoms with Crippen molar-refractivity contribution in [1.29, 1.82) is 0 Å². The minimum absolute atomic E-state index is 0.155. The molecule has 5 nitrogen and oxygen atoms in total. The molecule has 2 heterocycles. The second-order valence-electron chi connectivity index (χ2n) is 5.07. The van der Waals surface area contributed by atoms with Crippen LogP contribution in [0.4, 0.5) is 0 Å². The molecule has 2 rings (SSSR count). The third-order valence-electron chi connectivity index (χ3n) is 3.01. The summed E-state index contributed by atoms with van der Waals surface area (Å²) in [5.41, 5.74) is 0. The molecule has 120 valence electrons. The topological polar surface area (TPSA) is 75.3 Å². The maximum absolute atomic E-state index is 12.3. The Labute approximate surface area is 138 Å². The molecule has 1 amide bonds. The fourth-order valence-corrected chi connectivity index (χ4v) is 4.83. The molecule has 2 N–H and O–H groups in total. The summed E-state index contributed by atoms with van der Waals surface area (Å²) in [5.74, 6) is -0.471. The van der Waals surface area contributed by atoms with E-state index in [1.54, 1.807) is 22.8 Å². The van der Waals surface area contributed by atoms with Gasteiger partial charge in [-0.2, -0.15) is 4.72 Å². The van der Waals surface area contributed by atoms with Crippen LogP contribution in [-0.2, 0) is 21.4 Å². The van der Waals surface area contributed by atoms with E-state index >= 15 is 0 Å². The lowest BCUT2D eigenvalue weighted by Gasteiger charge is -2.21. The number of hydrogen-bond donors (Lipinski definition) is 2. The second kappa shape index (κ2) is 7.36. The number of nitrogens with one attached hydrogen (secondary N) is 2. The van der Waals surface area contributed by atoms with Crippen molar-refractivity contribution in [3.05, 3.63) is 39.9 Å². The molecule has 0 unspecified atom stereocenters. The van der Waals surface area contributed by atoms with Crippen molar-refractivity contribution in [2.75, 3.05) is 0 Å². The summed E-state index contributed by atoms with van der Waals surface area (Å²) < 4.78 is 27.2. The summed E-state index contributed by atoms with van der Waals surface area (Å²) in [7, 11) is -3.67. The zero-order valence-corrected chi connectivity index (χ0v) is 14.7. The Kier molecular flexibility index (Phi) is 5.74. The highest BCUT2D eigenvalue weighted by molar-refractivity contribution is 7.91. The van der Waals surface area contributed by atoms with Gasteiger partial charge in [-0.25, -0.2) is 8.42 Å². The van der Waals surface area contributed by atoms with Crippen molar-refractivity contribution in [2.45, 2.75) is 30.6 Å². The predicted molar refractivity (Wildman–Crippen MR) is 89.4 cm³/mol. The van der Waals surface area contributed by atoms with E-state index in [4.69, 9.17) is 0 Å². The standard InChI is InChI=1S/C14H18N2O3S3/c1-10(2)13(14(17)15-9-11-5-3-7-20-11)16-22(18,19)12-6-4-8-21-12/h3-8,10,13,16H,9H2,1-2H3,(H,15,17)/t13-/m0/s1. The Hall–Kier alpha value is -1.22. The molecule has 0 saturated carbocycles. The molecule has 0 bridgehead atoms. The van der Waals surface area contributed by atoms with E-state index in [0.29, 0.717) is 6.54 Å². The summed E-state index contributed by atoms with van der Waals surface area (Å²) in [4.78, 5) is 13.3. The van der Waals surface area contributed by atoms with Crippen LogP contribution in [-0.4, -0.2) is 20.4 Å². The summed E-state index contributed by atoms with van der Waals surface area (Å²) >= 11 is 2.67. The SMILES string of the molecule is CC(C)[C@H](NS(=O)(=O)c1cccs1)C(=O)NCc1cccs1. The average Bonchev–Trinajstić information content (AvgIpc) is 3.14. The maximum atomic E-state index is 12.3. The molecule has 0 aliphatic heterocycles. The van der Waals surface area contributed by atoms with Crippen LogP contribution in [0.25, 0.3) is 0 Å². The first-order valence-electron chi connectivity index (χ1n) is 6.76. The van der Waals surface area contributed by atoms with E-state index in [9.17, 15) is 13.2 Å². The smallest absolute Gasteiger partial charge is 0.250 e. The minimum atomic E-state index is -3.67. The molecule has 0 radical (unpaired) electrons. The normalized spacial score (nSPS) is 13.2. The maximum Gasteiger partial charge on any atom is 0.250 e. The Morgan fingerprint density at radius 2 is 1.86 bits per heavy atom.